The van der Waals surface area contributed by atoms with Crippen molar-refractivity contribution in [3.63, 3.8) is 0 Å². The lowest BCUT2D eigenvalue weighted by Crippen LogP contribution is -2.28. The van der Waals surface area contributed by atoms with Crippen molar-refractivity contribution in [2.24, 2.45) is 0 Å². The van der Waals surface area contributed by atoms with Gasteiger partial charge in [0.25, 0.3) is 0 Å². The third kappa shape index (κ3) is 32.5. The molecule has 5 heteroatoms. The van der Waals surface area contributed by atoms with Gasteiger partial charge < -0.3 is 14.6 Å². The Kier molecular flexibility index (Phi) is 33.2. The molecule has 0 unspecified atom stereocenters. The Bertz CT molecular complexity index is 792. The number of allylic oxidation sites excluding steroid dienone is 10. The zero-order chi connectivity index (χ0) is 32.2. The van der Waals surface area contributed by atoms with Gasteiger partial charge in [-0.15, -0.1) is 0 Å². The number of hydrogen-bond acceptors (Lipinski definition) is 5. The smallest absolute Gasteiger partial charge is 0.306 e. The third-order valence-electron chi connectivity index (χ3n) is 7.33. The summed E-state index contributed by atoms with van der Waals surface area (Å²) in [4.78, 5) is 24.1. The highest BCUT2D eigenvalue weighted by Gasteiger charge is 2.15. The van der Waals surface area contributed by atoms with Crippen LogP contribution in [0.4, 0.5) is 0 Å². The fourth-order valence-corrected chi connectivity index (χ4v) is 4.65. The average molecular weight is 615 g/mol. The zero-order valence-electron chi connectivity index (χ0n) is 28.4. The Morgan fingerprint density at radius 3 is 1.45 bits per heavy atom. The third-order valence-corrected chi connectivity index (χ3v) is 7.33. The predicted octanol–water partition coefficient (Wildman–Crippen LogP) is 10.8. The highest BCUT2D eigenvalue weighted by Crippen LogP contribution is 2.13. The van der Waals surface area contributed by atoms with Crippen LogP contribution in [0.2, 0.25) is 0 Å². The van der Waals surface area contributed by atoms with Crippen LogP contribution in [-0.4, -0.2) is 36.4 Å². The minimum atomic E-state index is -0.799. The molecule has 0 rings (SSSR count). The van der Waals surface area contributed by atoms with Gasteiger partial charge in [0.1, 0.15) is 6.61 Å². The molecule has 1 N–H and O–H groups in total. The van der Waals surface area contributed by atoms with Gasteiger partial charge in [0.05, 0.1) is 6.61 Å². The van der Waals surface area contributed by atoms with Gasteiger partial charge in [0.15, 0.2) is 6.10 Å². The average Bonchev–Trinajstić information content (AvgIpc) is 3.02. The number of unbranched alkanes of at least 4 members (excludes halogenated alkanes) is 13. The Morgan fingerprint density at radius 2 is 0.977 bits per heavy atom. The van der Waals surface area contributed by atoms with Crippen molar-refractivity contribution < 1.29 is 24.2 Å². The molecular weight excluding hydrogens is 548 g/mol. The van der Waals surface area contributed by atoms with Gasteiger partial charge in [-0.05, 0) is 51.4 Å². The minimum Gasteiger partial charge on any atom is -0.462 e. The molecule has 0 fully saturated rings. The van der Waals surface area contributed by atoms with Gasteiger partial charge >= 0.3 is 11.9 Å². The van der Waals surface area contributed by atoms with E-state index in [2.05, 4.69) is 74.6 Å². The van der Waals surface area contributed by atoms with Crippen LogP contribution in [0.15, 0.2) is 60.8 Å². The molecule has 0 aromatic carbocycles. The van der Waals surface area contributed by atoms with Gasteiger partial charge in [-0.25, -0.2) is 0 Å². The van der Waals surface area contributed by atoms with Gasteiger partial charge in [0, 0.05) is 12.8 Å². The zero-order valence-corrected chi connectivity index (χ0v) is 28.4. The number of esters is 2. The maximum absolute atomic E-state index is 12.1. The number of hydrogen-bond donors (Lipinski definition) is 1. The lowest BCUT2D eigenvalue weighted by molar-refractivity contribution is -0.161. The van der Waals surface area contributed by atoms with Crippen molar-refractivity contribution in [1.82, 2.24) is 0 Å². The fourth-order valence-electron chi connectivity index (χ4n) is 4.65. The van der Waals surface area contributed by atoms with Crippen molar-refractivity contribution in [2.75, 3.05) is 13.2 Å². The molecule has 5 nitrogen and oxygen atoms in total. The summed E-state index contributed by atoms with van der Waals surface area (Å²) in [5.74, 6) is -0.662. The van der Waals surface area contributed by atoms with E-state index < -0.39 is 6.10 Å². The molecule has 0 aromatic heterocycles. The molecule has 0 aliphatic rings. The first-order valence-corrected chi connectivity index (χ1v) is 17.8. The van der Waals surface area contributed by atoms with E-state index in [1.54, 1.807) is 0 Å². The SMILES string of the molecule is CCC=CCC=CCC=CCC=CCC=CCCCC(=O)O[C@@H](CO)COC(=O)CCCCCCCCCCCCCCC. The van der Waals surface area contributed by atoms with Crippen molar-refractivity contribution >= 4 is 11.9 Å². The summed E-state index contributed by atoms with van der Waals surface area (Å²) in [6.07, 6.45) is 44.2. The number of aliphatic hydroxyl groups excluding tert-OH is 1. The molecule has 0 radical (unpaired) electrons. The molecule has 0 bridgehead atoms. The quantitative estimate of drug-likeness (QED) is 0.0478. The Labute approximate surface area is 271 Å². The standard InChI is InChI=1S/C39H66O5/c1-3-5-7-9-11-13-15-17-18-19-20-22-24-26-28-30-32-34-39(42)44-37(35-40)36-43-38(41)33-31-29-27-25-23-21-16-14-12-10-8-6-4-2/h5,7,11,13,17-18,20,22,26,28,37,40H,3-4,6,8-10,12,14-16,19,21,23-25,27,29-36H2,1-2H3/t37-/m0/s1. The van der Waals surface area contributed by atoms with E-state index in [9.17, 15) is 14.7 Å². The summed E-state index contributed by atoms with van der Waals surface area (Å²) in [5.41, 5.74) is 0. The van der Waals surface area contributed by atoms with Crippen LogP contribution < -0.4 is 0 Å². The number of carbonyl (C=O) groups is 2. The normalized spacial score (nSPS) is 12.9. The first-order chi connectivity index (χ1) is 21.6. The predicted molar refractivity (Wildman–Crippen MR) is 187 cm³/mol. The van der Waals surface area contributed by atoms with Gasteiger partial charge in [-0.1, -0.05) is 152 Å². The van der Waals surface area contributed by atoms with E-state index >= 15 is 0 Å². The molecule has 1 atom stereocenters. The van der Waals surface area contributed by atoms with Crippen LogP contribution in [0.1, 0.15) is 155 Å². The second-order valence-electron chi connectivity index (χ2n) is 11.6. The van der Waals surface area contributed by atoms with Crippen LogP contribution in [0.25, 0.3) is 0 Å². The molecular formula is C39H66O5. The summed E-state index contributed by atoms with van der Waals surface area (Å²) < 4.78 is 10.5. The lowest BCUT2D eigenvalue weighted by atomic mass is 10.0. The van der Waals surface area contributed by atoms with Crippen LogP contribution in [0.3, 0.4) is 0 Å². The molecule has 0 spiro atoms. The van der Waals surface area contributed by atoms with Crippen LogP contribution in [0.5, 0.6) is 0 Å². The molecule has 0 aliphatic carbocycles. The van der Waals surface area contributed by atoms with Crippen molar-refractivity contribution in [2.45, 2.75) is 161 Å². The molecule has 0 aliphatic heterocycles. The highest BCUT2D eigenvalue weighted by atomic mass is 16.6. The van der Waals surface area contributed by atoms with Crippen molar-refractivity contribution in [3.8, 4) is 0 Å². The monoisotopic (exact) mass is 614 g/mol. The molecule has 0 aromatic rings. The highest BCUT2D eigenvalue weighted by molar-refractivity contribution is 5.70. The van der Waals surface area contributed by atoms with E-state index in [0.29, 0.717) is 12.8 Å². The summed E-state index contributed by atoms with van der Waals surface area (Å²) in [6.45, 7) is 3.96. The summed E-state index contributed by atoms with van der Waals surface area (Å²) >= 11 is 0. The van der Waals surface area contributed by atoms with Gasteiger partial charge in [0.2, 0.25) is 0 Å². The van der Waals surface area contributed by atoms with E-state index in [1.807, 2.05) is 0 Å². The fraction of sp³-hybridized carbons (Fsp3) is 0.692. The lowest BCUT2D eigenvalue weighted by Gasteiger charge is -2.15. The largest absolute Gasteiger partial charge is 0.462 e. The molecule has 0 saturated heterocycles. The number of ether oxygens (including phenoxy) is 2. The topological polar surface area (TPSA) is 72.8 Å². The molecule has 0 saturated carbocycles. The van der Waals surface area contributed by atoms with E-state index in [4.69, 9.17) is 9.47 Å². The molecule has 0 heterocycles. The van der Waals surface area contributed by atoms with E-state index in [0.717, 1.165) is 57.8 Å². The van der Waals surface area contributed by atoms with Gasteiger partial charge in [-0.2, -0.15) is 0 Å². The number of aliphatic hydroxyl groups is 1. The van der Waals surface area contributed by atoms with Crippen molar-refractivity contribution in [3.05, 3.63) is 60.8 Å². The number of carbonyl (C=O) groups excluding carboxylic acids is 2. The second kappa shape index (κ2) is 35.1. The van der Waals surface area contributed by atoms with Crippen molar-refractivity contribution in [1.29, 1.82) is 0 Å². The summed E-state index contributed by atoms with van der Waals surface area (Å²) in [6, 6.07) is 0. The first kappa shape index (κ1) is 41.6. The Morgan fingerprint density at radius 1 is 0.545 bits per heavy atom. The minimum absolute atomic E-state index is 0.0890. The molecule has 44 heavy (non-hydrogen) atoms. The van der Waals surface area contributed by atoms with Crippen LogP contribution in [-0.2, 0) is 19.1 Å². The maximum atomic E-state index is 12.1. The molecule has 0 amide bonds. The number of rotatable bonds is 31. The first-order valence-electron chi connectivity index (χ1n) is 17.8. The van der Waals surface area contributed by atoms with E-state index in [-0.39, 0.29) is 31.6 Å². The maximum Gasteiger partial charge on any atom is 0.306 e. The summed E-state index contributed by atoms with van der Waals surface area (Å²) in [5, 5.41) is 9.51. The van der Waals surface area contributed by atoms with Crippen LogP contribution in [0, 0.1) is 0 Å². The Hall–Kier alpha value is -2.40. The Balaban J connectivity index is 3.70. The molecule has 252 valence electrons. The van der Waals surface area contributed by atoms with E-state index in [1.165, 1.54) is 64.2 Å². The van der Waals surface area contributed by atoms with Crippen LogP contribution >= 0.6 is 0 Å². The summed E-state index contributed by atoms with van der Waals surface area (Å²) in [7, 11) is 0. The van der Waals surface area contributed by atoms with Gasteiger partial charge in [-0.3, -0.25) is 9.59 Å². The second-order valence-corrected chi connectivity index (χ2v) is 11.6.